The molecule has 1 amide bonds. The lowest BCUT2D eigenvalue weighted by Crippen LogP contribution is -2.36. The normalized spacial score (nSPS) is 12.5. The number of nitrogens with zero attached hydrogens (tertiary/aromatic N) is 3. The molecule has 4 nitrogen and oxygen atoms in total. The molecule has 0 saturated carbocycles. The Bertz CT molecular complexity index is 722. The highest BCUT2D eigenvalue weighted by Crippen LogP contribution is 2.20. The van der Waals surface area contributed by atoms with E-state index in [0.29, 0.717) is 11.7 Å². The maximum absolute atomic E-state index is 12.7. The Labute approximate surface area is 148 Å². The average Bonchev–Trinajstić information content (AvgIpc) is 2.83. The summed E-state index contributed by atoms with van der Waals surface area (Å²) >= 11 is 6.22. The largest absolute Gasteiger partial charge is 0.332 e. The zero-order chi connectivity index (χ0) is 17.7. The number of carbonyl (C=O) groups is 1. The van der Waals surface area contributed by atoms with Crippen LogP contribution in [-0.2, 0) is 18.4 Å². The highest BCUT2D eigenvalue weighted by Gasteiger charge is 2.17. The Hall–Kier alpha value is -2.07. The van der Waals surface area contributed by atoms with E-state index >= 15 is 0 Å². The first-order valence-corrected chi connectivity index (χ1v) is 8.53. The summed E-state index contributed by atoms with van der Waals surface area (Å²) in [6.45, 7) is 6.63. The van der Waals surface area contributed by atoms with Crippen LogP contribution in [0.2, 0.25) is 5.15 Å². The van der Waals surface area contributed by atoms with Crippen molar-refractivity contribution in [2.24, 2.45) is 7.05 Å². The lowest BCUT2D eigenvalue weighted by molar-refractivity contribution is -0.128. The molecule has 0 fully saturated rings. The van der Waals surface area contributed by atoms with Crippen molar-refractivity contribution in [2.45, 2.75) is 39.8 Å². The fourth-order valence-corrected chi connectivity index (χ4v) is 2.78. The number of amides is 1. The summed E-state index contributed by atoms with van der Waals surface area (Å²) in [5, 5.41) is 4.80. The SMILES string of the molecule is CCC(C)N(Cc1ccccc1)C(=O)/C=C/c1c(C)nn(C)c1Cl. The molecule has 0 bridgehead atoms. The Morgan fingerprint density at radius 2 is 2.04 bits per heavy atom. The van der Waals surface area contributed by atoms with Crippen LogP contribution in [0.3, 0.4) is 0 Å². The molecule has 0 aliphatic rings. The van der Waals surface area contributed by atoms with Gasteiger partial charge in [0.15, 0.2) is 0 Å². The van der Waals surface area contributed by atoms with E-state index < -0.39 is 0 Å². The molecule has 0 N–H and O–H groups in total. The topological polar surface area (TPSA) is 38.1 Å². The van der Waals surface area contributed by atoms with Gasteiger partial charge in [0.1, 0.15) is 5.15 Å². The third-order valence-corrected chi connectivity index (χ3v) is 4.64. The van der Waals surface area contributed by atoms with Crippen LogP contribution in [0.25, 0.3) is 6.08 Å². The van der Waals surface area contributed by atoms with Gasteiger partial charge in [-0.15, -0.1) is 0 Å². The fourth-order valence-electron chi connectivity index (χ4n) is 2.54. The molecule has 128 valence electrons. The van der Waals surface area contributed by atoms with Crippen LogP contribution in [0.15, 0.2) is 36.4 Å². The minimum atomic E-state index is -0.0208. The van der Waals surface area contributed by atoms with Crippen LogP contribution >= 0.6 is 11.6 Å². The lowest BCUT2D eigenvalue weighted by Gasteiger charge is -2.27. The quantitative estimate of drug-likeness (QED) is 0.735. The molecule has 0 radical (unpaired) electrons. The van der Waals surface area contributed by atoms with E-state index in [0.717, 1.165) is 23.2 Å². The highest BCUT2D eigenvalue weighted by atomic mass is 35.5. The van der Waals surface area contributed by atoms with Crippen molar-refractivity contribution in [1.29, 1.82) is 0 Å². The predicted molar refractivity (Wildman–Crippen MR) is 98.7 cm³/mol. The van der Waals surface area contributed by atoms with E-state index in [1.807, 2.05) is 42.2 Å². The summed E-state index contributed by atoms with van der Waals surface area (Å²) in [4.78, 5) is 14.6. The first-order valence-electron chi connectivity index (χ1n) is 8.15. The van der Waals surface area contributed by atoms with Gasteiger partial charge in [0.05, 0.1) is 5.69 Å². The van der Waals surface area contributed by atoms with Gasteiger partial charge >= 0.3 is 0 Å². The molecule has 0 spiro atoms. The van der Waals surface area contributed by atoms with E-state index in [2.05, 4.69) is 18.9 Å². The Morgan fingerprint density at radius 1 is 1.38 bits per heavy atom. The second kappa shape index (κ2) is 8.15. The summed E-state index contributed by atoms with van der Waals surface area (Å²) < 4.78 is 1.61. The van der Waals surface area contributed by atoms with Gasteiger partial charge in [0.25, 0.3) is 0 Å². The van der Waals surface area contributed by atoms with Crippen molar-refractivity contribution in [1.82, 2.24) is 14.7 Å². The van der Waals surface area contributed by atoms with Gasteiger partial charge in [-0.2, -0.15) is 5.10 Å². The van der Waals surface area contributed by atoms with Crippen LogP contribution in [0.5, 0.6) is 0 Å². The monoisotopic (exact) mass is 345 g/mol. The van der Waals surface area contributed by atoms with Crippen LogP contribution in [0.1, 0.15) is 37.1 Å². The highest BCUT2D eigenvalue weighted by molar-refractivity contribution is 6.31. The summed E-state index contributed by atoms with van der Waals surface area (Å²) in [6, 6.07) is 10.2. The number of hydrogen-bond donors (Lipinski definition) is 0. The van der Waals surface area contributed by atoms with Gasteiger partial charge in [-0.1, -0.05) is 48.9 Å². The van der Waals surface area contributed by atoms with Crippen molar-refractivity contribution < 1.29 is 4.79 Å². The second-order valence-corrected chi connectivity index (χ2v) is 6.31. The van der Waals surface area contributed by atoms with Gasteiger partial charge < -0.3 is 4.90 Å². The zero-order valence-electron chi connectivity index (χ0n) is 14.7. The van der Waals surface area contributed by atoms with E-state index in [9.17, 15) is 4.79 Å². The Morgan fingerprint density at radius 3 is 2.58 bits per heavy atom. The first kappa shape index (κ1) is 18.3. The molecule has 1 aromatic heterocycles. The number of rotatable bonds is 6. The molecule has 0 aliphatic heterocycles. The van der Waals surface area contributed by atoms with E-state index in [-0.39, 0.29) is 11.9 Å². The molecule has 1 atom stereocenters. The molecule has 0 aliphatic carbocycles. The summed E-state index contributed by atoms with van der Waals surface area (Å²) in [6.07, 6.45) is 4.25. The van der Waals surface area contributed by atoms with E-state index in [1.54, 1.807) is 23.9 Å². The fraction of sp³-hybridized carbons (Fsp3) is 0.368. The molecule has 5 heteroatoms. The molecule has 1 aromatic carbocycles. The van der Waals surface area contributed by atoms with Gasteiger partial charge in [-0.3, -0.25) is 9.48 Å². The van der Waals surface area contributed by atoms with Gasteiger partial charge in [-0.05, 0) is 31.9 Å². The molecule has 1 unspecified atom stereocenters. The predicted octanol–water partition coefficient (Wildman–Crippen LogP) is 4.22. The lowest BCUT2D eigenvalue weighted by atomic mass is 10.1. The minimum absolute atomic E-state index is 0.0208. The average molecular weight is 346 g/mol. The molecule has 0 saturated heterocycles. The van der Waals surface area contributed by atoms with Crippen LogP contribution in [0, 0.1) is 6.92 Å². The second-order valence-electron chi connectivity index (χ2n) is 5.96. The minimum Gasteiger partial charge on any atom is -0.332 e. The Kier molecular flexibility index (Phi) is 6.21. The molecule has 24 heavy (non-hydrogen) atoms. The third kappa shape index (κ3) is 4.26. The number of aromatic nitrogens is 2. The molecule has 2 aromatic rings. The first-order chi connectivity index (χ1) is 11.4. The van der Waals surface area contributed by atoms with Crippen molar-refractivity contribution in [3.05, 3.63) is 58.4 Å². The van der Waals surface area contributed by atoms with Crippen molar-refractivity contribution >= 4 is 23.6 Å². The molecular formula is C19H24ClN3O. The maximum Gasteiger partial charge on any atom is 0.247 e. The number of carbonyl (C=O) groups excluding carboxylic acids is 1. The number of aryl methyl sites for hydroxylation is 2. The number of halogens is 1. The third-order valence-electron chi connectivity index (χ3n) is 4.19. The van der Waals surface area contributed by atoms with Crippen LogP contribution in [0.4, 0.5) is 0 Å². The summed E-state index contributed by atoms with van der Waals surface area (Å²) in [5.74, 6) is -0.0208. The van der Waals surface area contributed by atoms with E-state index in [4.69, 9.17) is 11.6 Å². The standard InChI is InChI=1S/C19H24ClN3O/c1-5-14(2)23(13-16-9-7-6-8-10-16)18(24)12-11-17-15(3)21-22(4)19(17)20/h6-12,14H,5,13H2,1-4H3/b12-11+. The van der Waals surface area contributed by atoms with Gasteiger partial charge in [-0.25, -0.2) is 0 Å². The van der Waals surface area contributed by atoms with Crippen molar-refractivity contribution in [2.75, 3.05) is 0 Å². The number of benzene rings is 1. The molecule has 2 rings (SSSR count). The van der Waals surface area contributed by atoms with Gasteiger partial charge in [0, 0.05) is 31.3 Å². The number of hydrogen-bond acceptors (Lipinski definition) is 2. The maximum atomic E-state index is 12.7. The van der Waals surface area contributed by atoms with Crippen molar-refractivity contribution in [3.8, 4) is 0 Å². The van der Waals surface area contributed by atoms with Crippen LogP contribution < -0.4 is 0 Å². The summed E-state index contributed by atoms with van der Waals surface area (Å²) in [7, 11) is 1.79. The van der Waals surface area contributed by atoms with Crippen LogP contribution in [-0.4, -0.2) is 26.6 Å². The molecule has 1 heterocycles. The Balaban J connectivity index is 2.20. The zero-order valence-corrected chi connectivity index (χ0v) is 15.4. The van der Waals surface area contributed by atoms with Gasteiger partial charge in [0.2, 0.25) is 5.91 Å². The summed E-state index contributed by atoms with van der Waals surface area (Å²) in [5.41, 5.74) is 2.72. The van der Waals surface area contributed by atoms with E-state index in [1.165, 1.54) is 0 Å². The smallest absolute Gasteiger partial charge is 0.247 e. The molecular weight excluding hydrogens is 322 g/mol. The van der Waals surface area contributed by atoms with Crippen molar-refractivity contribution in [3.63, 3.8) is 0 Å².